The van der Waals surface area contributed by atoms with Crippen LogP contribution in [0.4, 0.5) is 5.69 Å². The van der Waals surface area contributed by atoms with Crippen LogP contribution >= 0.6 is 11.3 Å². The molecule has 6 nitrogen and oxygen atoms in total. The van der Waals surface area contributed by atoms with Crippen molar-refractivity contribution in [3.8, 4) is 10.6 Å². The molecule has 3 N–H and O–H groups in total. The molecular weight excluding hydrogens is 348 g/mol. The first-order chi connectivity index (χ1) is 12.6. The predicted molar refractivity (Wildman–Crippen MR) is 103 cm³/mol. The smallest absolute Gasteiger partial charge is 0.224 e. The van der Waals surface area contributed by atoms with E-state index < -0.39 is 0 Å². The third-order valence-corrected chi connectivity index (χ3v) is 4.69. The first-order valence-electron chi connectivity index (χ1n) is 8.31. The Balaban J connectivity index is 1.48. The van der Waals surface area contributed by atoms with Crippen LogP contribution < -0.4 is 10.6 Å². The molecule has 7 heteroatoms. The van der Waals surface area contributed by atoms with E-state index in [1.807, 2.05) is 29.6 Å². The summed E-state index contributed by atoms with van der Waals surface area (Å²) < 4.78 is 0. The van der Waals surface area contributed by atoms with Crippen LogP contribution in [0.15, 0.2) is 48.1 Å². The highest BCUT2D eigenvalue weighted by molar-refractivity contribution is 7.13. The van der Waals surface area contributed by atoms with Gasteiger partial charge in [0.05, 0.1) is 17.6 Å². The lowest BCUT2D eigenvalue weighted by Crippen LogP contribution is -2.27. The van der Waals surface area contributed by atoms with Gasteiger partial charge in [-0.15, -0.1) is 11.3 Å². The molecule has 0 radical (unpaired) electrons. The van der Waals surface area contributed by atoms with E-state index in [1.54, 1.807) is 29.8 Å². The number of hydrogen-bond acceptors (Lipinski definition) is 4. The number of imidazole rings is 1. The zero-order chi connectivity index (χ0) is 18.4. The summed E-state index contributed by atoms with van der Waals surface area (Å²) in [5.74, 6) is -0.148. The maximum absolute atomic E-state index is 12.1. The first kappa shape index (κ1) is 17.9. The molecule has 26 heavy (non-hydrogen) atoms. The van der Waals surface area contributed by atoms with Gasteiger partial charge in [-0.05, 0) is 29.1 Å². The van der Waals surface area contributed by atoms with Gasteiger partial charge in [-0.2, -0.15) is 0 Å². The molecule has 3 rings (SSSR count). The average Bonchev–Trinajstić information content (AvgIpc) is 3.27. The van der Waals surface area contributed by atoms with Gasteiger partial charge in [0.1, 0.15) is 5.69 Å². The predicted octanol–water partition coefficient (Wildman–Crippen LogP) is 3.00. The maximum atomic E-state index is 12.1. The third kappa shape index (κ3) is 4.80. The molecule has 0 aliphatic carbocycles. The Morgan fingerprint density at radius 2 is 2.00 bits per heavy atom. The molecule has 1 aromatic carbocycles. The summed E-state index contributed by atoms with van der Waals surface area (Å²) >= 11 is 1.64. The molecule has 2 aromatic heterocycles. The first-order valence-corrected chi connectivity index (χ1v) is 9.19. The second kappa shape index (κ2) is 8.44. The number of nitrogens with zero attached hydrogens (tertiary/aromatic N) is 1. The van der Waals surface area contributed by atoms with Crippen LogP contribution in [0.1, 0.15) is 18.2 Å². The van der Waals surface area contributed by atoms with Gasteiger partial charge in [-0.1, -0.05) is 18.2 Å². The fourth-order valence-corrected chi connectivity index (χ4v) is 3.37. The Morgan fingerprint density at radius 3 is 2.69 bits per heavy atom. The van der Waals surface area contributed by atoms with Crippen molar-refractivity contribution >= 4 is 28.8 Å². The van der Waals surface area contributed by atoms with E-state index in [2.05, 4.69) is 20.6 Å². The Bertz CT molecular complexity index is 869. The van der Waals surface area contributed by atoms with Crippen LogP contribution in [-0.4, -0.2) is 28.3 Å². The number of thiophene rings is 1. The van der Waals surface area contributed by atoms with Crippen LogP contribution in [0.5, 0.6) is 0 Å². The number of amides is 2. The number of rotatable bonds is 7. The zero-order valence-corrected chi connectivity index (χ0v) is 15.2. The second-order valence-electron chi connectivity index (χ2n) is 5.86. The molecule has 0 atom stereocenters. The van der Waals surface area contributed by atoms with Crippen LogP contribution in [0.3, 0.4) is 0 Å². The molecular formula is C19H20N4O2S. The third-order valence-electron chi connectivity index (χ3n) is 3.81. The van der Waals surface area contributed by atoms with E-state index in [-0.39, 0.29) is 11.8 Å². The van der Waals surface area contributed by atoms with Crippen LogP contribution in [0.2, 0.25) is 0 Å². The molecule has 0 bridgehead atoms. The van der Waals surface area contributed by atoms with Gasteiger partial charge < -0.3 is 15.6 Å². The SMILES string of the molecule is CC(=O)Nc1ccc(CC(=O)NCCc2[nH]cnc2-c2cccs2)cc1. The monoisotopic (exact) mass is 368 g/mol. The molecule has 0 aliphatic heterocycles. The van der Waals surface area contributed by atoms with Crippen molar-refractivity contribution in [3.63, 3.8) is 0 Å². The van der Waals surface area contributed by atoms with Gasteiger partial charge in [-0.25, -0.2) is 4.98 Å². The van der Waals surface area contributed by atoms with Gasteiger partial charge >= 0.3 is 0 Å². The molecule has 0 aliphatic rings. The lowest BCUT2D eigenvalue weighted by atomic mass is 10.1. The molecule has 3 aromatic rings. The van der Waals surface area contributed by atoms with Crippen molar-refractivity contribution in [1.29, 1.82) is 0 Å². The Labute approximate surface area is 155 Å². The molecule has 0 saturated heterocycles. The Kier molecular flexibility index (Phi) is 5.80. The number of carbonyl (C=O) groups excluding carboxylic acids is 2. The molecule has 0 spiro atoms. The standard InChI is InChI=1S/C19H20N4O2S/c1-13(24)23-15-6-4-14(5-7-15)11-18(25)20-9-8-16-19(22-12-21-16)17-3-2-10-26-17/h2-7,10,12H,8-9,11H2,1H3,(H,20,25)(H,21,22)(H,23,24). The molecule has 134 valence electrons. The van der Waals surface area contributed by atoms with Crippen molar-refractivity contribution in [2.24, 2.45) is 0 Å². The van der Waals surface area contributed by atoms with Gasteiger partial charge in [0.2, 0.25) is 11.8 Å². The van der Waals surface area contributed by atoms with Crippen LogP contribution in [0.25, 0.3) is 10.6 Å². The molecule has 0 unspecified atom stereocenters. The van der Waals surface area contributed by atoms with Crippen molar-refractivity contribution in [2.75, 3.05) is 11.9 Å². The van der Waals surface area contributed by atoms with Gasteiger partial charge in [-0.3, -0.25) is 9.59 Å². The lowest BCUT2D eigenvalue weighted by molar-refractivity contribution is -0.120. The minimum Gasteiger partial charge on any atom is -0.355 e. The zero-order valence-electron chi connectivity index (χ0n) is 14.4. The summed E-state index contributed by atoms with van der Waals surface area (Å²) in [6, 6.07) is 11.3. The Hall–Kier alpha value is -2.93. The fourth-order valence-electron chi connectivity index (χ4n) is 2.62. The molecule has 2 amide bonds. The number of nitrogens with one attached hydrogen (secondary N) is 3. The number of carbonyl (C=O) groups is 2. The normalized spacial score (nSPS) is 10.5. The number of H-pyrrole nitrogens is 1. The summed E-state index contributed by atoms with van der Waals surface area (Å²) in [5, 5.41) is 7.66. The van der Waals surface area contributed by atoms with Crippen molar-refractivity contribution in [1.82, 2.24) is 15.3 Å². The molecule has 0 saturated carbocycles. The van der Waals surface area contributed by atoms with Crippen LogP contribution in [-0.2, 0) is 22.4 Å². The largest absolute Gasteiger partial charge is 0.355 e. The van der Waals surface area contributed by atoms with E-state index in [0.29, 0.717) is 19.4 Å². The van der Waals surface area contributed by atoms with E-state index in [1.165, 1.54) is 6.92 Å². The van der Waals surface area contributed by atoms with Crippen molar-refractivity contribution < 1.29 is 9.59 Å². The van der Waals surface area contributed by atoms with Crippen molar-refractivity contribution in [3.05, 3.63) is 59.4 Å². The summed E-state index contributed by atoms with van der Waals surface area (Å²) in [5.41, 5.74) is 3.59. The number of hydrogen-bond donors (Lipinski definition) is 3. The fraction of sp³-hybridized carbons (Fsp3) is 0.211. The van der Waals surface area contributed by atoms with Gasteiger partial charge in [0.25, 0.3) is 0 Å². The van der Waals surface area contributed by atoms with Gasteiger partial charge in [0.15, 0.2) is 0 Å². The summed E-state index contributed by atoms with van der Waals surface area (Å²) in [7, 11) is 0. The highest BCUT2D eigenvalue weighted by Crippen LogP contribution is 2.25. The summed E-state index contributed by atoms with van der Waals surface area (Å²) in [6.07, 6.45) is 2.68. The highest BCUT2D eigenvalue weighted by atomic mass is 32.1. The molecule has 2 heterocycles. The number of anilines is 1. The number of aromatic nitrogens is 2. The minimum absolute atomic E-state index is 0.0329. The van der Waals surface area contributed by atoms with E-state index >= 15 is 0 Å². The second-order valence-corrected chi connectivity index (χ2v) is 6.81. The Morgan fingerprint density at radius 1 is 1.19 bits per heavy atom. The molecule has 0 fully saturated rings. The average molecular weight is 368 g/mol. The quantitative estimate of drug-likeness (QED) is 0.599. The number of benzene rings is 1. The topological polar surface area (TPSA) is 86.9 Å². The van der Waals surface area contributed by atoms with E-state index in [9.17, 15) is 9.59 Å². The van der Waals surface area contributed by atoms with Crippen LogP contribution in [0, 0.1) is 0 Å². The highest BCUT2D eigenvalue weighted by Gasteiger charge is 2.10. The minimum atomic E-state index is -0.115. The van der Waals surface area contributed by atoms with E-state index in [4.69, 9.17) is 0 Å². The number of aromatic amines is 1. The van der Waals surface area contributed by atoms with Crippen molar-refractivity contribution in [2.45, 2.75) is 19.8 Å². The van der Waals surface area contributed by atoms with Gasteiger partial charge in [0, 0.05) is 31.3 Å². The summed E-state index contributed by atoms with van der Waals surface area (Å²) in [6.45, 7) is 2.01. The lowest BCUT2D eigenvalue weighted by Gasteiger charge is -2.07. The summed E-state index contributed by atoms with van der Waals surface area (Å²) in [4.78, 5) is 31.8. The van der Waals surface area contributed by atoms with E-state index in [0.717, 1.165) is 27.5 Å². The maximum Gasteiger partial charge on any atom is 0.224 e.